The highest BCUT2D eigenvalue weighted by Gasteiger charge is 2.73. The number of nitrogens with zero attached hydrogens (tertiary/aromatic N) is 1. The highest BCUT2D eigenvalue weighted by Crippen LogP contribution is 2.67. The molecule has 3 aliphatic rings. The van der Waals surface area contributed by atoms with Crippen LogP contribution in [-0.2, 0) is 30.5 Å². The van der Waals surface area contributed by atoms with Crippen LogP contribution in [0.5, 0.6) is 0 Å². The predicted octanol–water partition coefficient (Wildman–Crippen LogP) is 2.83. The fourth-order valence-corrected chi connectivity index (χ4v) is 5.77. The number of esters is 2. The third kappa shape index (κ3) is 2.46. The number of hydrogen-bond acceptors (Lipinski definition) is 6. The summed E-state index contributed by atoms with van der Waals surface area (Å²) < 4.78 is 12.3. The second kappa shape index (κ2) is 6.40. The topological polar surface area (TPSA) is 76.1 Å². The van der Waals surface area contributed by atoms with Gasteiger partial charge in [0.2, 0.25) is 0 Å². The van der Waals surface area contributed by atoms with Gasteiger partial charge in [0.1, 0.15) is 5.60 Å². The van der Waals surface area contributed by atoms with Crippen molar-refractivity contribution in [1.29, 1.82) is 0 Å². The summed E-state index contributed by atoms with van der Waals surface area (Å²) in [4.78, 5) is 27.0. The summed E-state index contributed by atoms with van der Waals surface area (Å²) >= 11 is 3.59. The molecule has 1 aliphatic carbocycles. The summed E-state index contributed by atoms with van der Waals surface area (Å²) in [7, 11) is 2.06. The molecule has 2 heterocycles. The molecule has 28 heavy (non-hydrogen) atoms. The molecule has 1 atom stereocenters. The van der Waals surface area contributed by atoms with Crippen LogP contribution in [0.4, 0.5) is 0 Å². The van der Waals surface area contributed by atoms with E-state index in [1.54, 1.807) is 12.1 Å². The summed E-state index contributed by atoms with van der Waals surface area (Å²) in [5.41, 5.74) is -1.31. The number of carbonyl (C=O) groups excluding carboxylic acids is 2. The summed E-state index contributed by atoms with van der Waals surface area (Å²) in [6.07, 6.45) is 3.70. The van der Waals surface area contributed by atoms with Gasteiger partial charge in [-0.25, -0.2) is 9.59 Å². The summed E-state index contributed by atoms with van der Waals surface area (Å²) in [6, 6.07) is 5.41. The molecule has 2 aliphatic heterocycles. The van der Waals surface area contributed by atoms with Crippen molar-refractivity contribution in [2.45, 2.75) is 38.1 Å². The fourth-order valence-electron chi connectivity index (χ4n) is 5.10. The average Bonchev–Trinajstić information content (AvgIpc) is 2.74. The van der Waals surface area contributed by atoms with Gasteiger partial charge in [0.15, 0.2) is 0 Å². The lowest BCUT2D eigenvalue weighted by molar-refractivity contribution is -0.302. The number of carbonyl (C=O) groups is 2. The van der Waals surface area contributed by atoms with Gasteiger partial charge >= 0.3 is 11.9 Å². The van der Waals surface area contributed by atoms with Gasteiger partial charge in [0.25, 0.3) is 5.79 Å². The molecule has 1 N–H and O–H groups in total. The van der Waals surface area contributed by atoms with Gasteiger partial charge in [-0.3, -0.25) is 0 Å². The minimum absolute atomic E-state index is 0.0795. The van der Waals surface area contributed by atoms with Crippen molar-refractivity contribution in [2.75, 3.05) is 20.1 Å². The first-order valence-electron chi connectivity index (χ1n) is 9.48. The normalized spacial score (nSPS) is 29.3. The quantitative estimate of drug-likeness (QED) is 0.664. The number of likely N-dealkylation sites (tertiary alicyclic amines) is 1. The van der Waals surface area contributed by atoms with Crippen molar-refractivity contribution < 1.29 is 24.2 Å². The number of rotatable bonds is 1. The maximum Gasteiger partial charge on any atom is 0.334 e. The number of benzene rings is 1. The third-order valence-electron chi connectivity index (χ3n) is 6.68. The second-order valence-electron chi connectivity index (χ2n) is 8.42. The van der Waals surface area contributed by atoms with Crippen molar-refractivity contribution >= 4 is 27.9 Å². The van der Waals surface area contributed by atoms with Crippen LogP contribution in [0.3, 0.4) is 0 Å². The highest BCUT2D eigenvalue weighted by atomic mass is 79.9. The van der Waals surface area contributed by atoms with Crippen LogP contribution in [0.2, 0.25) is 0 Å². The largest absolute Gasteiger partial charge is 0.414 e. The Bertz CT molecular complexity index is 852. The Morgan fingerprint density at radius 3 is 2.25 bits per heavy atom. The number of halogens is 1. The van der Waals surface area contributed by atoms with Gasteiger partial charge in [0.05, 0.1) is 5.41 Å². The smallest absolute Gasteiger partial charge is 0.334 e. The lowest BCUT2D eigenvalue weighted by Crippen LogP contribution is -2.56. The zero-order valence-corrected chi connectivity index (χ0v) is 17.8. The molecule has 0 saturated carbocycles. The number of ether oxygens (including phenoxy) is 2. The van der Waals surface area contributed by atoms with Crippen molar-refractivity contribution in [3.8, 4) is 0 Å². The van der Waals surface area contributed by atoms with E-state index in [4.69, 9.17) is 9.47 Å². The minimum atomic E-state index is -1.71. The van der Waals surface area contributed by atoms with E-state index in [0.29, 0.717) is 15.6 Å². The second-order valence-corrected chi connectivity index (χ2v) is 9.28. The molecule has 6 nitrogen and oxygen atoms in total. The Morgan fingerprint density at radius 2 is 1.68 bits per heavy atom. The molecule has 1 aromatic rings. The molecule has 1 unspecified atom stereocenters. The maximum absolute atomic E-state index is 12.4. The lowest BCUT2D eigenvalue weighted by atomic mass is 9.63. The Hall–Kier alpha value is -1.70. The first-order valence-corrected chi connectivity index (χ1v) is 10.3. The number of piperidine rings is 1. The Kier molecular flexibility index (Phi) is 4.48. The summed E-state index contributed by atoms with van der Waals surface area (Å²) in [5.74, 6) is -3.12. The van der Waals surface area contributed by atoms with Crippen LogP contribution in [0.25, 0.3) is 0 Å². The molecule has 4 rings (SSSR count). The van der Waals surface area contributed by atoms with E-state index in [-0.39, 0.29) is 5.92 Å². The van der Waals surface area contributed by atoms with Crippen LogP contribution in [0.1, 0.15) is 37.8 Å². The van der Waals surface area contributed by atoms with E-state index in [9.17, 15) is 14.7 Å². The van der Waals surface area contributed by atoms with E-state index in [1.165, 1.54) is 0 Å². The van der Waals surface area contributed by atoms with E-state index in [1.807, 2.05) is 19.9 Å². The van der Waals surface area contributed by atoms with E-state index in [0.717, 1.165) is 38.1 Å². The number of aliphatic hydroxyl groups is 1. The standard InChI is InChI=1S/C21H24BrNO5/c1-19(2)20(26,13-9-11-23(3)12-10-13)18-14(5-4-6-15(18)22)21(19)27-16(24)7-8-17(25)28-21/h4-8,13,26H,9-12H2,1-3H3. The summed E-state index contributed by atoms with van der Waals surface area (Å²) in [5, 5.41) is 12.3. The Morgan fingerprint density at radius 1 is 1.11 bits per heavy atom. The molecule has 1 fully saturated rings. The molecular formula is C21H24BrNO5. The molecule has 150 valence electrons. The SMILES string of the molecule is CN1CCC(C2(O)c3c(Br)cccc3C3(OC(=O)C=CC(=O)O3)C2(C)C)CC1. The van der Waals surface area contributed by atoms with Crippen LogP contribution in [0.15, 0.2) is 34.8 Å². The van der Waals surface area contributed by atoms with Crippen molar-refractivity contribution in [1.82, 2.24) is 4.90 Å². The van der Waals surface area contributed by atoms with Crippen LogP contribution >= 0.6 is 15.9 Å². The molecular weight excluding hydrogens is 426 g/mol. The number of fused-ring (bicyclic) bond motifs is 2. The van der Waals surface area contributed by atoms with Crippen LogP contribution in [0, 0.1) is 11.3 Å². The fraction of sp³-hybridized carbons (Fsp3) is 0.524. The highest BCUT2D eigenvalue weighted by molar-refractivity contribution is 9.10. The molecule has 1 spiro atoms. The molecule has 1 aromatic carbocycles. The van der Waals surface area contributed by atoms with Gasteiger partial charge in [0, 0.05) is 27.8 Å². The molecule has 0 aromatic heterocycles. The van der Waals surface area contributed by atoms with Crippen LogP contribution < -0.4 is 0 Å². The third-order valence-corrected chi connectivity index (χ3v) is 7.34. The first-order chi connectivity index (χ1) is 13.1. The maximum atomic E-state index is 12.4. The van der Waals surface area contributed by atoms with E-state index < -0.39 is 28.7 Å². The molecule has 1 saturated heterocycles. The van der Waals surface area contributed by atoms with E-state index >= 15 is 0 Å². The zero-order valence-electron chi connectivity index (χ0n) is 16.2. The van der Waals surface area contributed by atoms with Crippen molar-refractivity contribution in [2.24, 2.45) is 11.3 Å². The average molecular weight is 450 g/mol. The predicted molar refractivity (Wildman–Crippen MR) is 105 cm³/mol. The Labute approximate surface area is 172 Å². The molecule has 0 radical (unpaired) electrons. The monoisotopic (exact) mass is 449 g/mol. The minimum Gasteiger partial charge on any atom is -0.414 e. The van der Waals surface area contributed by atoms with Gasteiger partial charge in [-0.2, -0.15) is 0 Å². The van der Waals surface area contributed by atoms with Crippen LogP contribution in [-0.4, -0.2) is 42.1 Å². The zero-order chi connectivity index (χ0) is 20.3. The van der Waals surface area contributed by atoms with E-state index in [2.05, 4.69) is 27.9 Å². The van der Waals surface area contributed by atoms with Crippen molar-refractivity contribution in [3.63, 3.8) is 0 Å². The Balaban J connectivity index is 1.95. The molecule has 7 heteroatoms. The van der Waals surface area contributed by atoms with Gasteiger partial charge in [-0.1, -0.05) is 28.1 Å². The van der Waals surface area contributed by atoms with Gasteiger partial charge < -0.3 is 19.5 Å². The molecule has 0 bridgehead atoms. The first kappa shape index (κ1) is 19.6. The lowest BCUT2D eigenvalue weighted by Gasteiger charge is -2.50. The van der Waals surface area contributed by atoms with Crippen molar-refractivity contribution in [3.05, 3.63) is 46.0 Å². The van der Waals surface area contributed by atoms with Gasteiger partial charge in [-0.15, -0.1) is 0 Å². The number of hydrogen-bond donors (Lipinski definition) is 1. The molecule has 0 amide bonds. The summed E-state index contributed by atoms with van der Waals surface area (Å²) in [6.45, 7) is 5.33. The van der Waals surface area contributed by atoms with Gasteiger partial charge in [-0.05, 0) is 58.8 Å².